The summed E-state index contributed by atoms with van der Waals surface area (Å²) in [5.74, 6) is 1.72. The van der Waals surface area contributed by atoms with Gasteiger partial charge in [-0.3, -0.25) is 5.43 Å². The Morgan fingerprint density at radius 2 is 2.45 bits per heavy atom. The second kappa shape index (κ2) is 2.89. The molecule has 2 bridgehead atoms. The molecule has 0 aromatic rings. The largest absolute Gasteiger partial charge is 0.275 e. The summed E-state index contributed by atoms with van der Waals surface area (Å²) in [6, 6.07) is 0. The first-order chi connectivity index (χ1) is 5.40. The van der Waals surface area contributed by atoms with Gasteiger partial charge in [0.15, 0.2) is 0 Å². The highest BCUT2D eigenvalue weighted by molar-refractivity contribution is 7.78. The number of nitrogens with one attached hydrogen (secondary N) is 1. The maximum absolute atomic E-state index is 4.63. The zero-order chi connectivity index (χ0) is 7.68. The lowest BCUT2D eigenvalue weighted by Gasteiger charge is -2.10. The molecule has 2 nitrogen and oxygen atoms in total. The van der Waals surface area contributed by atoms with Crippen molar-refractivity contribution in [2.45, 2.75) is 25.7 Å². The molecule has 2 aliphatic rings. The van der Waals surface area contributed by atoms with Crippen LogP contribution >= 0.6 is 12.2 Å². The lowest BCUT2D eigenvalue weighted by molar-refractivity contribution is 0.590. The van der Waals surface area contributed by atoms with E-state index in [0.29, 0.717) is 0 Å². The highest BCUT2D eigenvalue weighted by Crippen LogP contribution is 2.42. The van der Waals surface area contributed by atoms with E-state index in [4.69, 9.17) is 0 Å². The minimum Gasteiger partial charge on any atom is -0.275 e. The average Bonchev–Trinajstić information content (AvgIpc) is 2.60. The SMILES string of the molecule is S=CNN=C1CC2CCC1C2. The first-order valence-electron chi connectivity index (χ1n) is 4.16. The van der Waals surface area contributed by atoms with Crippen LogP contribution in [0.1, 0.15) is 25.7 Å². The van der Waals surface area contributed by atoms with E-state index >= 15 is 0 Å². The van der Waals surface area contributed by atoms with Crippen molar-refractivity contribution in [3.63, 3.8) is 0 Å². The molecule has 0 heterocycles. The van der Waals surface area contributed by atoms with Crippen molar-refractivity contribution in [3.8, 4) is 0 Å². The molecule has 11 heavy (non-hydrogen) atoms. The summed E-state index contributed by atoms with van der Waals surface area (Å²) in [6.45, 7) is 0. The van der Waals surface area contributed by atoms with Crippen molar-refractivity contribution >= 4 is 23.4 Å². The highest BCUT2D eigenvalue weighted by atomic mass is 32.1. The highest BCUT2D eigenvalue weighted by Gasteiger charge is 2.36. The second-order valence-corrected chi connectivity index (χ2v) is 3.67. The lowest BCUT2D eigenvalue weighted by atomic mass is 9.99. The van der Waals surface area contributed by atoms with Crippen LogP contribution in [0.15, 0.2) is 5.10 Å². The normalized spacial score (nSPS) is 38.0. The van der Waals surface area contributed by atoms with Crippen LogP contribution in [-0.2, 0) is 0 Å². The van der Waals surface area contributed by atoms with Gasteiger partial charge in [-0.2, -0.15) is 5.10 Å². The van der Waals surface area contributed by atoms with E-state index in [1.807, 2.05) is 0 Å². The Labute approximate surface area is 72.1 Å². The molecule has 2 fully saturated rings. The van der Waals surface area contributed by atoms with E-state index in [0.717, 1.165) is 11.8 Å². The fraction of sp³-hybridized carbons (Fsp3) is 0.750. The van der Waals surface area contributed by atoms with Gasteiger partial charge in [0.2, 0.25) is 0 Å². The van der Waals surface area contributed by atoms with E-state index in [2.05, 4.69) is 22.7 Å². The van der Waals surface area contributed by atoms with Gasteiger partial charge < -0.3 is 0 Å². The van der Waals surface area contributed by atoms with Gasteiger partial charge in [-0.05, 0) is 37.5 Å². The molecule has 0 spiro atoms. The first kappa shape index (κ1) is 7.22. The molecule has 2 rings (SSSR count). The van der Waals surface area contributed by atoms with Gasteiger partial charge in [0.25, 0.3) is 0 Å². The number of hydrogen-bond acceptors (Lipinski definition) is 2. The van der Waals surface area contributed by atoms with Gasteiger partial charge in [0.05, 0.1) is 5.49 Å². The molecule has 2 atom stereocenters. The van der Waals surface area contributed by atoms with Crippen LogP contribution < -0.4 is 5.43 Å². The van der Waals surface area contributed by atoms with Crippen LogP contribution in [0.2, 0.25) is 0 Å². The van der Waals surface area contributed by atoms with Crippen molar-refractivity contribution in [1.82, 2.24) is 5.43 Å². The summed E-state index contributed by atoms with van der Waals surface area (Å²) < 4.78 is 0. The fourth-order valence-corrected chi connectivity index (χ4v) is 2.32. The number of hydrazone groups is 1. The number of nitrogens with zero attached hydrogens (tertiary/aromatic N) is 1. The minimum absolute atomic E-state index is 0.780. The molecule has 0 amide bonds. The molecule has 2 unspecified atom stereocenters. The third kappa shape index (κ3) is 1.29. The molecule has 2 aliphatic carbocycles. The van der Waals surface area contributed by atoms with Gasteiger partial charge in [-0.15, -0.1) is 0 Å². The molecule has 3 heteroatoms. The summed E-state index contributed by atoms with van der Waals surface area (Å²) >= 11 is 4.63. The Balaban J connectivity index is 2.01. The van der Waals surface area contributed by atoms with Crippen molar-refractivity contribution in [3.05, 3.63) is 0 Å². The Morgan fingerprint density at radius 3 is 3.00 bits per heavy atom. The van der Waals surface area contributed by atoms with Gasteiger partial charge in [0.1, 0.15) is 0 Å². The fourth-order valence-electron chi connectivity index (χ4n) is 2.27. The number of thiocarbonyl (C=S) groups is 1. The predicted molar refractivity (Wildman–Crippen MR) is 49.7 cm³/mol. The molecule has 60 valence electrons. The van der Waals surface area contributed by atoms with Crippen molar-refractivity contribution < 1.29 is 0 Å². The van der Waals surface area contributed by atoms with Crippen molar-refractivity contribution in [1.29, 1.82) is 0 Å². The van der Waals surface area contributed by atoms with Gasteiger partial charge in [-0.1, -0.05) is 12.2 Å². The third-order valence-electron chi connectivity index (χ3n) is 2.77. The molecule has 0 saturated heterocycles. The Bertz CT molecular complexity index is 200. The Hall–Kier alpha value is -0.440. The predicted octanol–water partition coefficient (Wildman–Crippen LogP) is 1.71. The molecular formula is C8H12N2S. The van der Waals surface area contributed by atoms with Gasteiger partial charge >= 0.3 is 0 Å². The summed E-state index contributed by atoms with van der Waals surface area (Å²) in [4.78, 5) is 0. The Morgan fingerprint density at radius 1 is 1.55 bits per heavy atom. The maximum atomic E-state index is 4.63. The summed E-state index contributed by atoms with van der Waals surface area (Å²) in [5.41, 5.74) is 5.57. The Kier molecular flexibility index (Phi) is 1.90. The standard InChI is InChI=1S/C8H12N2S/c11-5-9-10-8-4-6-1-2-7(8)3-6/h5-7H,1-4H2,(H,9,11). The molecular weight excluding hydrogens is 156 g/mol. The minimum atomic E-state index is 0.780. The third-order valence-corrected chi connectivity index (χ3v) is 2.88. The van der Waals surface area contributed by atoms with E-state index in [-0.39, 0.29) is 0 Å². The van der Waals surface area contributed by atoms with Crippen molar-refractivity contribution in [2.24, 2.45) is 16.9 Å². The van der Waals surface area contributed by atoms with Crippen LogP contribution in [0.5, 0.6) is 0 Å². The summed E-state index contributed by atoms with van der Waals surface area (Å²) in [6.07, 6.45) is 5.35. The van der Waals surface area contributed by atoms with Crippen LogP contribution in [0.4, 0.5) is 0 Å². The molecule has 0 aromatic carbocycles. The second-order valence-electron chi connectivity index (χ2n) is 3.43. The molecule has 0 aromatic heterocycles. The van der Waals surface area contributed by atoms with E-state index in [1.54, 1.807) is 0 Å². The van der Waals surface area contributed by atoms with Crippen molar-refractivity contribution in [2.75, 3.05) is 0 Å². The molecule has 2 saturated carbocycles. The number of hydrogen-bond donors (Lipinski definition) is 1. The summed E-state index contributed by atoms with van der Waals surface area (Å²) in [7, 11) is 0. The quantitative estimate of drug-likeness (QED) is 0.501. The van der Waals surface area contributed by atoms with Gasteiger partial charge in [0, 0.05) is 5.71 Å². The van der Waals surface area contributed by atoms with Crippen LogP contribution in [0, 0.1) is 11.8 Å². The molecule has 0 aliphatic heterocycles. The first-order valence-corrected chi connectivity index (χ1v) is 4.63. The van der Waals surface area contributed by atoms with Crippen LogP contribution in [-0.4, -0.2) is 11.2 Å². The lowest BCUT2D eigenvalue weighted by Crippen LogP contribution is -2.13. The smallest absolute Gasteiger partial charge is 0.0829 e. The zero-order valence-electron chi connectivity index (χ0n) is 6.42. The maximum Gasteiger partial charge on any atom is 0.0829 e. The van der Waals surface area contributed by atoms with E-state index in [1.165, 1.54) is 36.9 Å². The van der Waals surface area contributed by atoms with E-state index in [9.17, 15) is 0 Å². The number of rotatable bonds is 2. The molecule has 1 N–H and O–H groups in total. The monoisotopic (exact) mass is 168 g/mol. The summed E-state index contributed by atoms with van der Waals surface area (Å²) in [5, 5.41) is 4.23. The topological polar surface area (TPSA) is 24.4 Å². The average molecular weight is 168 g/mol. The molecule has 0 radical (unpaired) electrons. The van der Waals surface area contributed by atoms with Crippen LogP contribution in [0.3, 0.4) is 0 Å². The zero-order valence-corrected chi connectivity index (χ0v) is 7.23. The number of fused-ring (bicyclic) bond motifs is 2. The van der Waals surface area contributed by atoms with E-state index < -0.39 is 0 Å². The van der Waals surface area contributed by atoms with Gasteiger partial charge in [-0.25, -0.2) is 0 Å². The van der Waals surface area contributed by atoms with Crippen LogP contribution in [0.25, 0.3) is 0 Å².